The average molecular weight is 316 g/mol. The van der Waals surface area contributed by atoms with Crippen molar-refractivity contribution in [2.75, 3.05) is 10.6 Å². The second-order valence-electron chi connectivity index (χ2n) is 6.50. The summed E-state index contributed by atoms with van der Waals surface area (Å²) in [4.78, 5) is 23.8. The van der Waals surface area contributed by atoms with Crippen molar-refractivity contribution < 1.29 is 14.0 Å². The van der Waals surface area contributed by atoms with Gasteiger partial charge in [0, 0.05) is 11.6 Å². The first kappa shape index (κ1) is 15.7. The summed E-state index contributed by atoms with van der Waals surface area (Å²) in [5.74, 6) is 0.171. The second-order valence-corrected chi connectivity index (χ2v) is 6.50. The van der Waals surface area contributed by atoms with E-state index in [1.54, 1.807) is 0 Å². The molecule has 0 radical (unpaired) electrons. The highest BCUT2D eigenvalue weighted by Crippen LogP contribution is 2.45. The van der Waals surface area contributed by atoms with Crippen LogP contribution in [0.5, 0.6) is 0 Å². The predicted octanol–water partition coefficient (Wildman–Crippen LogP) is 3.72. The molecule has 4 rings (SSSR count). The van der Waals surface area contributed by atoms with Gasteiger partial charge in [0.1, 0.15) is 5.82 Å². The maximum atomic E-state index is 13.7. The smallest absolute Gasteiger partial charge is 0.247 e. The molecule has 1 atom stereocenters. The fourth-order valence-corrected chi connectivity index (χ4v) is 3.82. The summed E-state index contributed by atoms with van der Waals surface area (Å²) < 4.78 is 13.7. The standard InChI is InChI=1S/C18H21FN2O2/c1-2-17(22)21-16-10-13(7-8-15(16)19)20-18(23)14-9-11-3-5-12(14)6-4-11/h2,7-8,10-12,14H,1,3-6,9H2,(H,20,23)(H,21,22). The van der Waals surface area contributed by atoms with Crippen LogP contribution >= 0.6 is 0 Å². The van der Waals surface area contributed by atoms with Crippen molar-refractivity contribution in [3.8, 4) is 0 Å². The van der Waals surface area contributed by atoms with Crippen molar-refractivity contribution >= 4 is 23.2 Å². The lowest BCUT2D eigenvalue weighted by atomic mass is 9.64. The molecular weight excluding hydrogens is 295 g/mol. The van der Waals surface area contributed by atoms with Gasteiger partial charge in [-0.25, -0.2) is 4.39 Å². The number of halogens is 1. The quantitative estimate of drug-likeness (QED) is 0.832. The monoisotopic (exact) mass is 316 g/mol. The van der Waals surface area contributed by atoms with Crippen molar-refractivity contribution in [2.24, 2.45) is 17.8 Å². The van der Waals surface area contributed by atoms with Crippen LogP contribution in [0.1, 0.15) is 32.1 Å². The van der Waals surface area contributed by atoms with E-state index in [0.29, 0.717) is 17.5 Å². The zero-order valence-electron chi connectivity index (χ0n) is 13.0. The van der Waals surface area contributed by atoms with E-state index < -0.39 is 11.7 Å². The average Bonchev–Trinajstić information content (AvgIpc) is 2.58. The summed E-state index contributed by atoms with van der Waals surface area (Å²) >= 11 is 0. The van der Waals surface area contributed by atoms with Crippen molar-refractivity contribution in [2.45, 2.75) is 32.1 Å². The first-order valence-corrected chi connectivity index (χ1v) is 8.10. The highest BCUT2D eigenvalue weighted by molar-refractivity contribution is 6.00. The maximum Gasteiger partial charge on any atom is 0.247 e. The van der Waals surface area contributed by atoms with E-state index in [9.17, 15) is 14.0 Å². The highest BCUT2D eigenvalue weighted by atomic mass is 19.1. The van der Waals surface area contributed by atoms with Crippen LogP contribution in [0.15, 0.2) is 30.9 Å². The van der Waals surface area contributed by atoms with Crippen molar-refractivity contribution in [1.29, 1.82) is 0 Å². The van der Waals surface area contributed by atoms with Gasteiger partial charge in [0.2, 0.25) is 11.8 Å². The van der Waals surface area contributed by atoms with E-state index in [2.05, 4.69) is 17.2 Å². The Morgan fingerprint density at radius 1 is 1.17 bits per heavy atom. The maximum absolute atomic E-state index is 13.7. The lowest BCUT2D eigenvalue weighted by molar-refractivity contribution is -0.124. The van der Waals surface area contributed by atoms with E-state index in [1.807, 2.05) is 0 Å². The molecule has 0 aromatic heterocycles. The molecule has 1 aromatic rings. The lowest BCUT2D eigenvalue weighted by Gasteiger charge is -2.41. The van der Waals surface area contributed by atoms with Crippen molar-refractivity contribution in [1.82, 2.24) is 0 Å². The van der Waals surface area contributed by atoms with Crippen molar-refractivity contribution in [3.05, 3.63) is 36.7 Å². The summed E-state index contributed by atoms with van der Waals surface area (Å²) in [5, 5.41) is 5.27. The summed E-state index contributed by atoms with van der Waals surface area (Å²) in [5.41, 5.74) is 0.537. The molecule has 3 saturated carbocycles. The number of rotatable bonds is 4. The molecule has 23 heavy (non-hydrogen) atoms. The van der Waals surface area contributed by atoms with Gasteiger partial charge in [-0.2, -0.15) is 0 Å². The first-order valence-electron chi connectivity index (χ1n) is 8.10. The van der Waals surface area contributed by atoms with Gasteiger partial charge in [-0.05, 0) is 55.4 Å². The number of amides is 2. The first-order chi connectivity index (χ1) is 11.1. The van der Waals surface area contributed by atoms with E-state index in [1.165, 1.54) is 31.0 Å². The Morgan fingerprint density at radius 2 is 1.91 bits per heavy atom. The Labute approximate surface area is 135 Å². The number of nitrogens with one attached hydrogen (secondary N) is 2. The number of fused-ring (bicyclic) bond motifs is 3. The van der Waals surface area contributed by atoms with Gasteiger partial charge in [0.05, 0.1) is 5.69 Å². The fraction of sp³-hybridized carbons (Fsp3) is 0.444. The van der Waals surface area contributed by atoms with Gasteiger partial charge >= 0.3 is 0 Å². The third-order valence-electron chi connectivity index (χ3n) is 5.06. The Bertz CT molecular complexity index is 636. The topological polar surface area (TPSA) is 58.2 Å². The van der Waals surface area contributed by atoms with Crippen molar-refractivity contribution in [3.63, 3.8) is 0 Å². The number of hydrogen-bond acceptors (Lipinski definition) is 2. The molecule has 2 N–H and O–H groups in total. The van der Waals surface area contributed by atoms with Gasteiger partial charge in [0.25, 0.3) is 0 Å². The van der Waals surface area contributed by atoms with Crippen LogP contribution < -0.4 is 10.6 Å². The Hall–Kier alpha value is -2.17. The molecule has 4 nitrogen and oxygen atoms in total. The SMILES string of the molecule is C=CC(=O)Nc1cc(NC(=O)C2CC3CCC2CC3)ccc1F. The van der Waals surface area contributed by atoms with Gasteiger partial charge in [-0.3, -0.25) is 9.59 Å². The minimum atomic E-state index is -0.546. The normalized spacial score (nSPS) is 25.7. The number of carbonyl (C=O) groups is 2. The Balaban J connectivity index is 1.70. The molecule has 3 fully saturated rings. The fourth-order valence-electron chi connectivity index (χ4n) is 3.82. The minimum Gasteiger partial charge on any atom is -0.326 e. The van der Waals surface area contributed by atoms with Crippen LogP contribution in [0.4, 0.5) is 15.8 Å². The molecular formula is C18H21FN2O2. The zero-order chi connectivity index (χ0) is 16.4. The third kappa shape index (κ3) is 3.44. The van der Waals surface area contributed by atoms with Crippen LogP contribution in [-0.2, 0) is 9.59 Å². The molecule has 122 valence electrons. The molecule has 1 unspecified atom stereocenters. The molecule has 5 heteroatoms. The third-order valence-corrected chi connectivity index (χ3v) is 5.06. The van der Waals surface area contributed by atoms with E-state index in [-0.39, 0.29) is 17.5 Å². The molecule has 3 aliphatic rings. The molecule has 3 aliphatic carbocycles. The predicted molar refractivity (Wildman–Crippen MR) is 87.4 cm³/mol. The summed E-state index contributed by atoms with van der Waals surface area (Å²) in [6, 6.07) is 4.19. The Morgan fingerprint density at radius 3 is 2.52 bits per heavy atom. The molecule has 2 amide bonds. The zero-order valence-corrected chi connectivity index (χ0v) is 13.0. The summed E-state index contributed by atoms with van der Waals surface area (Å²) in [7, 11) is 0. The molecule has 1 aromatic carbocycles. The lowest BCUT2D eigenvalue weighted by Crippen LogP contribution is -2.38. The summed E-state index contributed by atoms with van der Waals surface area (Å²) in [6.07, 6.45) is 6.77. The van der Waals surface area contributed by atoms with E-state index >= 15 is 0 Å². The molecule has 0 saturated heterocycles. The largest absolute Gasteiger partial charge is 0.326 e. The molecule has 0 spiro atoms. The number of carbonyl (C=O) groups excluding carboxylic acids is 2. The van der Waals surface area contributed by atoms with Crippen LogP contribution in [0.2, 0.25) is 0 Å². The van der Waals surface area contributed by atoms with Crippen LogP contribution in [0.25, 0.3) is 0 Å². The highest BCUT2D eigenvalue weighted by Gasteiger charge is 2.39. The van der Waals surface area contributed by atoms with Gasteiger partial charge in [-0.1, -0.05) is 19.4 Å². The Kier molecular flexibility index (Phi) is 4.46. The number of benzene rings is 1. The van der Waals surface area contributed by atoms with Gasteiger partial charge in [-0.15, -0.1) is 0 Å². The van der Waals surface area contributed by atoms with Crippen LogP contribution in [0.3, 0.4) is 0 Å². The van der Waals surface area contributed by atoms with Crippen LogP contribution in [-0.4, -0.2) is 11.8 Å². The van der Waals surface area contributed by atoms with E-state index in [4.69, 9.17) is 0 Å². The summed E-state index contributed by atoms with van der Waals surface area (Å²) in [6.45, 7) is 3.34. The van der Waals surface area contributed by atoms with Gasteiger partial charge in [0.15, 0.2) is 0 Å². The number of hydrogen-bond donors (Lipinski definition) is 2. The van der Waals surface area contributed by atoms with E-state index in [0.717, 1.165) is 25.3 Å². The second kappa shape index (κ2) is 6.52. The van der Waals surface area contributed by atoms with Gasteiger partial charge < -0.3 is 10.6 Å². The minimum absolute atomic E-state index is 0.00649. The molecule has 2 bridgehead atoms. The molecule has 0 heterocycles. The van der Waals surface area contributed by atoms with Crippen LogP contribution in [0, 0.1) is 23.6 Å². The number of anilines is 2. The molecule has 0 aliphatic heterocycles.